The molecule has 4 rings (SSSR count). The number of hydrogen-bond donors (Lipinski definition) is 2. The van der Waals surface area contributed by atoms with Crippen LogP contribution in [0.3, 0.4) is 0 Å². The van der Waals surface area contributed by atoms with Crippen molar-refractivity contribution in [3.63, 3.8) is 0 Å². The van der Waals surface area contributed by atoms with Crippen molar-refractivity contribution in [2.45, 2.75) is 32.7 Å². The number of aromatic nitrogens is 3. The first-order valence-corrected chi connectivity index (χ1v) is 10.8. The maximum atomic E-state index is 4.61. The largest absolute Gasteiger partial charge is 0.354 e. The van der Waals surface area contributed by atoms with E-state index in [0.717, 1.165) is 55.6 Å². The van der Waals surface area contributed by atoms with Gasteiger partial charge in [0.15, 0.2) is 0 Å². The molecule has 2 aromatic heterocycles. The van der Waals surface area contributed by atoms with E-state index in [1.807, 2.05) is 12.4 Å². The molecule has 0 amide bonds. The van der Waals surface area contributed by atoms with E-state index in [-0.39, 0.29) is 0 Å². The van der Waals surface area contributed by atoms with Crippen LogP contribution in [0.15, 0.2) is 36.7 Å². The van der Waals surface area contributed by atoms with E-state index in [2.05, 4.69) is 68.3 Å². The molecule has 6 heteroatoms. The van der Waals surface area contributed by atoms with Crippen molar-refractivity contribution in [1.29, 1.82) is 0 Å². The summed E-state index contributed by atoms with van der Waals surface area (Å²) in [7, 11) is 2.22. The number of H-pyrrole nitrogens is 1. The number of likely N-dealkylation sites (N-methyl/N-ethyl adjacent to an activating group) is 1. The summed E-state index contributed by atoms with van der Waals surface area (Å²) in [5.74, 6) is 0.692. The van der Waals surface area contributed by atoms with E-state index < -0.39 is 0 Å². The zero-order chi connectivity index (χ0) is 20.1. The molecule has 0 bridgehead atoms. The zero-order valence-electron chi connectivity index (χ0n) is 17.6. The lowest BCUT2D eigenvalue weighted by Gasteiger charge is -2.20. The summed E-state index contributed by atoms with van der Waals surface area (Å²) >= 11 is 0. The van der Waals surface area contributed by atoms with Gasteiger partial charge in [-0.25, -0.2) is 4.98 Å². The molecule has 29 heavy (non-hydrogen) atoms. The Morgan fingerprint density at radius 3 is 2.79 bits per heavy atom. The second-order valence-electron chi connectivity index (χ2n) is 8.07. The third-order valence-corrected chi connectivity index (χ3v) is 5.73. The van der Waals surface area contributed by atoms with Gasteiger partial charge in [-0.15, -0.1) is 0 Å². The topological polar surface area (TPSA) is 60.1 Å². The SMILES string of the molecule is CCCCNc1ncc2c(-c3ccc(CN4CCCN(C)CC4)cc3)c[nH]c2n1. The van der Waals surface area contributed by atoms with Gasteiger partial charge in [0.05, 0.1) is 0 Å². The minimum Gasteiger partial charge on any atom is -0.354 e. The lowest BCUT2D eigenvalue weighted by Crippen LogP contribution is -2.28. The normalized spacial score (nSPS) is 16.2. The maximum absolute atomic E-state index is 4.61. The average molecular weight is 393 g/mol. The fraction of sp³-hybridized carbons (Fsp3) is 0.478. The second kappa shape index (κ2) is 9.37. The molecule has 0 unspecified atom stereocenters. The molecule has 6 nitrogen and oxygen atoms in total. The Labute approximate surface area is 173 Å². The van der Waals surface area contributed by atoms with Crippen LogP contribution in [0.1, 0.15) is 31.7 Å². The van der Waals surface area contributed by atoms with Gasteiger partial charge in [0.1, 0.15) is 5.65 Å². The molecule has 1 saturated heterocycles. The summed E-state index contributed by atoms with van der Waals surface area (Å²) < 4.78 is 0. The predicted molar refractivity (Wildman–Crippen MR) is 120 cm³/mol. The average Bonchev–Trinajstić information content (AvgIpc) is 3.05. The Hall–Kier alpha value is -2.44. The molecule has 154 valence electrons. The summed E-state index contributed by atoms with van der Waals surface area (Å²) in [6.07, 6.45) is 7.49. The number of unbranched alkanes of at least 4 members (excludes halogenated alkanes) is 1. The number of hydrogen-bond acceptors (Lipinski definition) is 5. The molecule has 1 aromatic carbocycles. The van der Waals surface area contributed by atoms with E-state index in [1.54, 1.807) is 0 Å². The van der Waals surface area contributed by atoms with Gasteiger partial charge in [-0.1, -0.05) is 37.6 Å². The minimum absolute atomic E-state index is 0.692. The molecule has 0 saturated carbocycles. The van der Waals surface area contributed by atoms with Gasteiger partial charge >= 0.3 is 0 Å². The molecular formula is C23H32N6. The molecular weight excluding hydrogens is 360 g/mol. The lowest BCUT2D eigenvalue weighted by atomic mass is 10.0. The molecule has 1 aliphatic rings. The fourth-order valence-corrected chi connectivity index (χ4v) is 3.91. The number of anilines is 1. The highest BCUT2D eigenvalue weighted by atomic mass is 15.2. The fourth-order valence-electron chi connectivity index (χ4n) is 3.91. The Bertz CT molecular complexity index is 917. The van der Waals surface area contributed by atoms with Crippen LogP contribution in [0.2, 0.25) is 0 Å². The molecule has 0 atom stereocenters. The first-order valence-electron chi connectivity index (χ1n) is 10.8. The summed E-state index contributed by atoms with van der Waals surface area (Å²) in [5.41, 5.74) is 4.61. The van der Waals surface area contributed by atoms with Crippen LogP contribution in [0.4, 0.5) is 5.95 Å². The molecule has 3 heterocycles. The van der Waals surface area contributed by atoms with Crippen LogP contribution in [-0.2, 0) is 6.54 Å². The first kappa shape index (κ1) is 19.9. The highest BCUT2D eigenvalue weighted by Crippen LogP contribution is 2.28. The van der Waals surface area contributed by atoms with E-state index in [9.17, 15) is 0 Å². The molecule has 1 fully saturated rings. The summed E-state index contributed by atoms with van der Waals surface area (Å²) in [4.78, 5) is 17.4. The van der Waals surface area contributed by atoms with Crippen molar-refractivity contribution >= 4 is 17.0 Å². The highest BCUT2D eigenvalue weighted by Gasteiger charge is 2.13. The predicted octanol–water partition coefficient (Wildman–Crippen LogP) is 3.97. The van der Waals surface area contributed by atoms with Crippen molar-refractivity contribution in [3.8, 4) is 11.1 Å². The van der Waals surface area contributed by atoms with Crippen LogP contribution in [0.5, 0.6) is 0 Å². The van der Waals surface area contributed by atoms with Crippen LogP contribution in [0, 0.1) is 0 Å². The molecule has 0 aliphatic carbocycles. The van der Waals surface area contributed by atoms with Gasteiger partial charge in [0, 0.05) is 49.5 Å². The van der Waals surface area contributed by atoms with Gasteiger partial charge in [0.25, 0.3) is 0 Å². The molecule has 0 spiro atoms. The van der Waals surface area contributed by atoms with E-state index in [0.29, 0.717) is 5.95 Å². The Kier molecular flexibility index (Phi) is 6.42. The number of benzene rings is 1. The first-order chi connectivity index (χ1) is 14.2. The van der Waals surface area contributed by atoms with Gasteiger partial charge in [-0.3, -0.25) is 4.90 Å². The second-order valence-corrected chi connectivity index (χ2v) is 8.07. The van der Waals surface area contributed by atoms with Crippen molar-refractivity contribution in [1.82, 2.24) is 24.8 Å². The van der Waals surface area contributed by atoms with E-state index in [4.69, 9.17) is 0 Å². The van der Waals surface area contributed by atoms with Crippen LogP contribution < -0.4 is 5.32 Å². The monoisotopic (exact) mass is 392 g/mol. The van der Waals surface area contributed by atoms with Crippen LogP contribution >= 0.6 is 0 Å². The molecule has 1 aliphatic heterocycles. The minimum atomic E-state index is 0.692. The van der Waals surface area contributed by atoms with Crippen molar-refractivity contribution in [3.05, 3.63) is 42.2 Å². The zero-order valence-corrected chi connectivity index (χ0v) is 17.6. The molecule has 2 N–H and O–H groups in total. The highest BCUT2D eigenvalue weighted by molar-refractivity contribution is 5.93. The van der Waals surface area contributed by atoms with Crippen molar-refractivity contribution in [2.24, 2.45) is 0 Å². The van der Waals surface area contributed by atoms with Crippen LogP contribution in [-0.4, -0.2) is 64.5 Å². The summed E-state index contributed by atoms with van der Waals surface area (Å²) in [6, 6.07) is 8.94. The number of fused-ring (bicyclic) bond motifs is 1. The maximum Gasteiger partial charge on any atom is 0.224 e. The lowest BCUT2D eigenvalue weighted by molar-refractivity contribution is 0.269. The third kappa shape index (κ3) is 4.95. The van der Waals surface area contributed by atoms with Crippen LogP contribution in [0.25, 0.3) is 22.2 Å². The van der Waals surface area contributed by atoms with Gasteiger partial charge in [-0.05, 0) is 44.1 Å². The smallest absolute Gasteiger partial charge is 0.224 e. The van der Waals surface area contributed by atoms with Gasteiger partial charge < -0.3 is 15.2 Å². The third-order valence-electron chi connectivity index (χ3n) is 5.73. The molecule has 3 aromatic rings. The number of aromatic amines is 1. The van der Waals surface area contributed by atoms with Crippen molar-refractivity contribution in [2.75, 3.05) is 45.1 Å². The molecule has 0 radical (unpaired) electrons. The summed E-state index contributed by atoms with van der Waals surface area (Å²) in [5, 5.41) is 4.35. The van der Waals surface area contributed by atoms with Gasteiger partial charge in [0.2, 0.25) is 5.95 Å². The van der Waals surface area contributed by atoms with E-state index in [1.165, 1.54) is 30.6 Å². The quantitative estimate of drug-likeness (QED) is 0.596. The number of rotatable bonds is 7. The Morgan fingerprint density at radius 1 is 1.10 bits per heavy atom. The van der Waals surface area contributed by atoms with E-state index >= 15 is 0 Å². The van der Waals surface area contributed by atoms with Crippen molar-refractivity contribution < 1.29 is 0 Å². The Morgan fingerprint density at radius 2 is 1.97 bits per heavy atom. The van der Waals surface area contributed by atoms with Gasteiger partial charge in [-0.2, -0.15) is 4.98 Å². The summed E-state index contributed by atoms with van der Waals surface area (Å²) in [6.45, 7) is 8.80. The Balaban J connectivity index is 1.45. The number of nitrogens with zero attached hydrogens (tertiary/aromatic N) is 4. The standard InChI is InChI=1S/C23H32N6/c1-3-4-10-24-23-26-16-21-20(15-25-22(21)27-23)19-8-6-18(7-9-19)17-29-12-5-11-28(2)13-14-29/h6-9,15-16H,3-5,10-14,17H2,1-2H3,(H2,24,25,26,27). The number of nitrogens with one attached hydrogen (secondary N) is 2.